The Balaban J connectivity index is 2.16. The van der Waals surface area contributed by atoms with Gasteiger partial charge >= 0.3 is 6.03 Å². The minimum absolute atomic E-state index is 0.138. The van der Waals surface area contributed by atoms with Gasteiger partial charge in [-0.05, 0) is 17.0 Å². The average molecular weight is 282 g/mol. The van der Waals surface area contributed by atoms with Gasteiger partial charge in [-0.25, -0.2) is 4.79 Å². The zero-order chi connectivity index (χ0) is 15.1. The van der Waals surface area contributed by atoms with Crippen LogP contribution in [0, 0.1) is 5.92 Å². The van der Waals surface area contributed by atoms with Crippen molar-refractivity contribution in [2.75, 3.05) is 6.54 Å². The summed E-state index contributed by atoms with van der Waals surface area (Å²) in [5.74, 6) is 0.433. The summed E-state index contributed by atoms with van der Waals surface area (Å²) in [5, 5.41) is 5.96. The summed E-state index contributed by atoms with van der Waals surface area (Å²) < 4.78 is 0. The topological polar surface area (TPSA) is 41.1 Å². The molecule has 2 aromatic rings. The van der Waals surface area contributed by atoms with E-state index in [1.165, 1.54) is 0 Å². The number of benzene rings is 2. The van der Waals surface area contributed by atoms with Crippen molar-refractivity contribution in [2.24, 2.45) is 5.92 Å². The van der Waals surface area contributed by atoms with Gasteiger partial charge in [0.25, 0.3) is 0 Å². The summed E-state index contributed by atoms with van der Waals surface area (Å²) in [6.07, 6.45) is 0. The molecule has 0 spiro atoms. The van der Waals surface area contributed by atoms with Crippen LogP contribution in [0.4, 0.5) is 4.79 Å². The van der Waals surface area contributed by atoms with Crippen molar-refractivity contribution in [1.29, 1.82) is 0 Å². The molecule has 0 radical (unpaired) electrons. The maximum atomic E-state index is 12.1. The maximum Gasteiger partial charge on any atom is 0.315 e. The van der Waals surface area contributed by atoms with Crippen LogP contribution in [0.3, 0.4) is 0 Å². The summed E-state index contributed by atoms with van der Waals surface area (Å²) in [6.45, 7) is 4.82. The molecule has 21 heavy (non-hydrogen) atoms. The Bertz CT molecular complexity index is 512. The number of rotatable bonds is 5. The number of urea groups is 1. The van der Waals surface area contributed by atoms with E-state index in [1.54, 1.807) is 0 Å². The smallest absolute Gasteiger partial charge is 0.315 e. The Morgan fingerprint density at radius 3 is 1.81 bits per heavy atom. The largest absolute Gasteiger partial charge is 0.338 e. The monoisotopic (exact) mass is 282 g/mol. The summed E-state index contributed by atoms with van der Waals surface area (Å²) >= 11 is 0. The molecule has 0 fully saturated rings. The predicted molar refractivity (Wildman–Crippen MR) is 86.1 cm³/mol. The van der Waals surface area contributed by atoms with Gasteiger partial charge in [0.2, 0.25) is 0 Å². The van der Waals surface area contributed by atoms with Gasteiger partial charge in [0.05, 0.1) is 6.04 Å². The quantitative estimate of drug-likeness (QED) is 0.862. The summed E-state index contributed by atoms with van der Waals surface area (Å²) in [7, 11) is 0. The van der Waals surface area contributed by atoms with Crippen molar-refractivity contribution in [2.45, 2.75) is 19.9 Å². The summed E-state index contributed by atoms with van der Waals surface area (Å²) in [5.41, 5.74) is 2.15. The van der Waals surface area contributed by atoms with E-state index in [0.29, 0.717) is 12.5 Å². The zero-order valence-corrected chi connectivity index (χ0v) is 12.5. The van der Waals surface area contributed by atoms with E-state index < -0.39 is 0 Å². The van der Waals surface area contributed by atoms with Crippen LogP contribution in [0.5, 0.6) is 0 Å². The SMILES string of the molecule is CC(C)CNC(=O)NC(c1ccccc1)c1ccccc1. The molecule has 2 N–H and O–H groups in total. The molecule has 0 aliphatic heterocycles. The summed E-state index contributed by atoms with van der Waals surface area (Å²) in [4.78, 5) is 12.1. The lowest BCUT2D eigenvalue weighted by atomic mass is 9.99. The van der Waals surface area contributed by atoms with Crippen molar-refractivity contribution in [1.82, 2.24) is 10.6 Å². The average Bonchev–Trinajstić information content (AvgIpc) is 2.52. The minimum Gasteiger partial charge on any atom is -0.338 e. The Kier molecular flexibility index (Phi) is 5.38. The molecule has 3 nitrogen and oxygen atoms in total. The van der Waals surface area contributed by atoms with E-state index in [1.807, 2.05) is 60.7 Å². The van der Waals surface area contributed by atoms with Crippen molar-refractivity contribution >= 4 is 6.03 Å². The standard InChI is InChI=1S/C18H22N2O/c1-14(2)13-19-18(21)20-17(15-9-5-3-6-10-15)16-11-7-4-8-12-16/h3-12,14,17H,13H2,1-2H3,(H2,19,20,21). The molecule has 0 atom stereocenters. The van der Waals surface area contributed by atoms with E-state index in [0.717, 1.165) is 11.1 Å². The first-order chi connectivity index (χ1) is 10.2. The lowest BCUT2D eigenvalue weighted by Crippen LogP contribution is -2.39. The highest BCUT2D eigenvalue weighted by Gasteiger charge is 2.16. The van der Waals surface area contributed by atoms with E-state index in [-0.39, 0.29) is 12.1 Å². The number of carbonyl (C=O) groups is 1. The van der Waals surface area contributed by atoms with Gasteiger partial charge in [0.15, 0.2) is 0 Å². The molecule has 0 saturated heterocycles. The maximum absolute atomic E-state index is 12.1. The molecule has 0 heterocycles. The van der Waals surface area contributed by atoms with Crippen molar-refractivity contribution in [3.8, 4) is 0 Å². The van der Waals surface area contributed by atoms with Gasteiger partial charge in [-0.1, -0.05) is 74.5 Å². The molecule has 3 heteroatoms. The van der Waals surface area contributed by atoms with Crippen LogP contribution < -0.4 is 10.6 Å². The van der Waals surface area contributed by atoms with Gasteiger partial charge in [0.1, 0.15) is 0 Å². The molecule has 0 unspecified atom stereocenters. The third-order valence-electron chi connectivity index (χ3n) is 3.21. The fourth-order valence-electron chi connectivity index (χ4n) is 2.13. The van der Waals surface area contributed by atoms with Crippen LogP contribution in [0.25, 0.3) is 0 Å². The predicted octanol–water partition coefficient (Wildman–Crippen LogP) is 3.73. The van der Waals surface area contributed by atoms with E-state index >= 15 is 0 Å². The Morgan fingerprint density at radius 2 is 1.38 bits per heavy atom. The van der Waals surface area contributed by atoms with E-state index in [2.05, 4.69) is 24.5 Å². The second kappa shape index (κ2) is 7.48. The van der Waals surface area contributed by atoms with Gasteiger partial charge in [0, 0.05) is 6.54 Å². The number of carbonyl (C=O) groups excluding carboxylic acids is 1. The molecule has 0 aliphatic carbocycles. The molecule has 2 amide bonds. The second-order valence-electron chi connectivity index (χ2n) is 5.50. The number of hydrogen-bond donors (Lipinski definition) is 2. The number of hydrogen-bond acceptors (Lipinski definition) is 1. The van der Waals surface area contributed by atoms with Crippen LogP contribution in [0.1, 0.15) is 31.0 Å². The fourth-order valence-corrected chi connectivity index (χ4v) is 2.13. The molecule has 2 rings (SSSR count). The van der Waals surface area contributed by atoms with Crippen LogP contribution in [0.2, 0.25) is 0 Å². The first kappa shape index (κ1) is 15.1. The van der Waals surface area contributed by atoms with Gasteiger partial charge in [-0.15, -0.1) is 0 Å². The van der Waals surface area contributed by atoms with Gasteiger partial charge in [-0.2, -0.15) is 0 Å². The highest BCUT2D eigenvalue weighted by molar-refractivity contribution is 5.75. The Morgan fingerprint density at radius 1 is 0.905 bits per heavy atom. The molecule has 0 saturated carbocycles. The molecular weight excluding hydrogens is 260 g/mol. The van der Waals surface area contributed by atoms with Crippen LogP contribution in [0.15, 0.2) is 60.7 Å². The van der Waals surface area contributed by atoms with Crippen LogP contribution in [-0.2, 0) is 0 Å². The molecule has 0 aromatic heterocycles. The minimum atomic E-state index is -0.139. The third-order valence-corrected chi connectivity index (χ3v) is 3.21. The normalized spacial score (nSPS) is 10.7. The van der Waals surface area contributed by atoms with E-state index in [4.69, 9.17) is 0 Å². The van der Waals surface area contributed by atoms with Crippen LogP contribution >= 0.6 is 0 Å². The molecule has 0 bridgehead atoms. The van der Waals surface area contributed by atoms with Crippen molar-refractivity contribution in [3.63, 3.8) is 0 Å². The fraction of sp³-hybridized carbons (Fsp3) is 0.278. The Hall–Kier alpha value is -2.29. The van der Waals surface area contributed by atoms with Gasteiger partial charge < -0.3 is 10.6 Å². The first-order valence-electron chi connectivity index (χ1n) is 7.31. The van der Waals surface area contributed by atoms with Crippen molar-refractivity contribution in [3.05, 3.63) is 71.8 Å². The number of nitrogens with one attached hydrogen (secondary N) is 2. The van der Waals surface area contributed by atoms with Crippen LogP contribution in [-0.4, -0.2) is 12.6 Å². The second-order valence-corrected chi connectivity index (χ2v) is 5.50. The molecule has 2 aromatic carbocycles. The zero-order valence-electron chi connectivity index (χ0n) is 12.5. The first-order valence-corrected chi connectivity index (χ1v) is 7.31. The third kappa shape index (κ3) is 4.63. The Labute approximate surface area is 126 Å². The van der Waals surface area contributed by atoms with E-state index in [9.17, 15) is 4.79 Å². The lowest BCUT2D eigenvalue weighted by molar-refractivity contribution is 0.237. The van der Waals surface area contributed by atoms with Crippen molar-refractivity contribution < 1.29 is 4.79 Å². The lowest BCUT2D eigenvalue weighted by Gasteiger charge is -2.20. The number of amides is 2. The molecule has 0 aliphatic rings. The van der Waals surface area contributed by atoms with Gasteiger partial charge in [-0.3, -0.25) is 0 Å². The highest BCUT2D eigenvalue weighted by atomic mass is 16.2. The summed E-state index contributed by atoms with van der Waals surface area (Å²) in [6, 6.07) is 19.7. The molecule has 110 valence electrons. The highest BCUT2D eigenvalue weighted by Crippen LogP contribution is 2.21. The molecular formula is C18H22N2O.